The van der Waals surface area contributed by atoms with Gasteiger partial charge in [0.05, 0.1) is 20.7 Å². The summed E-state index contributed by atoms with van der Waals surface area (Å²) in [7, 11) is -6.60. The first-order chi connectivity index (χ1) is 9.52. The molecule has 0 aromatic heterocycles. The second-order valence-corrected chi connectivity index (χ2v) is 10.4. The molecule has 0 amide bonds. The zero-order valence-electron chi connectivity index (χ0n) is 12.4. The minimum Gasteiger partial charge on any atom is -0.245 e. The molecule has 0 saturated carbocycles. The van der Waals surface area contributed by atoms with Gasteiger partial charge in [0.1, 0.15) is 6.07 Å². The molecule has 0 bridgehead atoms. The van der Waals surface area contributed by atoms with Crippen molar-refractivity contribution in [2.45, 2.75) is 30.4 Å². The Kier molecular flexibility index (Phi) is 4.97. The first-order valence-corrected chi connectivity index (χ1v) is 9.54. The molecule has 0 aliphatic carbocycles. The Bertz CT molecular complexity index is 802. The monoisotopic (exact) mass is 326 g/mol. The second-order valence-electron chi connectivity index (χ2n) is 5.44. The summed E-state index contributed by atoms with van der Waals surface area (Å²) in [5, 5.41) is 9.04. The highest BCUT2D eigenvalue weighted by Crippen LogP contribution is 2.23. The van der Waals surface area contributed by atoms with Crippen LogP contribution in [-0.4, -0.2) is 23.6 Å². The van der Waals surface area contributed by atoms with Crippen LogP contribution in [0.1, 0.15) is 20.8 Å². The standard InChI is InChI=1S/C14H18N2O3S2/c1-14(2,3)21(18,19)13(10-15)11-16-20(4,17)12-8-6-5-7-9-12/h5-9,11H,1-4H3/b13-11+/t20-/m0/s1. The first-order valence-electron chi connectivity index (χ1n) is 6.13. The smallest absolute Gasteiger partial charge is 0.194 e. The average Bonchev–Trinajstić information content (AvgIpc) is 2.38. The number of nitriles is 1. The van der Waals surface area contributed by atoms with Crippen LogP contribution in [0.25, 0.3) is 0 Å². The van der Waals surface area contributed by atoms with Gasteiger partial charge in [-0.05, 0) is 32.9 Å². The maximum atomic E-state index is 12.5. The molecular weight excluding hydrogens is 308 g/mol. The molecule has 0 saturated heterocycles. The van der Waals surface area contributed by atoms with E-state index in [-0.39, 0.29) is 0 Å². The Morgan fingerprint density at radius 3 is 2.14 bits per heavy atom. The summed E-state index contributed by atoms with van der Waals surface area (Å²) < 4.78 is 39.6. The molecule has 0 fully saturated rings. The topological polar surface area (TPSA) is 87.4 Å². The molecule has 21 heavy (non-hydrogen) atoms. The Balaban J connectivity index is 3.40. The van der Waals surface area contributed by atoms with E-state index in [9.17, 15) is 12.6 Å². The SMILES string of the molecule is CC(C)(C)S(=O)(=O)/C(C#N)=C/N=[S@@](C)(=O)c1ccccc1. The molecule has 5 nitrogen and oxygen atoms in total. The normalized spacial score (nSPS) is 15.9. The van der Waals surface area contributed by atoms with Crippen molar-refractivity contribution < 1.29 is 12.6 Å². The number of hydrogen-bond donors (Lipinski definition) is 0. The molecule has 1 atom stereocenters. The predicted octanol–water partition coefficient (Wildman–Crippen LogP) is 2.72. The number of sulfone groups is 1. The molecule has 0 aliphatic heterocycles. The van der Waals surface area contributed by atoms with Gasteiger partial charge in [0.2, 0.25) is 0 Å². The second kappa shape index (κ2) is 6.00. The van der Waals surface area contributed by atoms with E-state index in [0.717, 1.165) is 6.20 Å². The third-order valence-electron chi connectivity index (χ3n) is 2.76. The van der Waals surface area contributed by atoms with Gasteiger partial charge in [-0.1, -0.05) is 18.2 Å². The Labute approximate surface area is 126 Å². The van der Waals surface area contributed by atoms with Crippen molar-refractivity contribution in [3.63, 3.8) is 0 Å². The molecule has 1 aromatic carbocycles. The van der Waals surface area contributed by atoms with Gasteiger partial charge in [-0.15, -0.1) is 0 Å². The largest absolute Gasteiger partial charge is 0.245 e. The lowest BCUT2D eigenvalue weighted by Crippen LogP contribution is -2.28. The van der Waals surface area contributed by atoms with E-state index in [4.69, 9.17) is 5.26 Å². The van der Waals surface area contributed by atoms with Crippen LogP contribution in [-0.2, 0) is 19.6 Å². The summed E-state index contributed by atoms with van der Waals surface area (Å²) in [5.74, 6) is 0. The van der Waals surface area contributed by atoms with E-state index in [1.807, 2.05) is 0 Å². The zero-order valence-corrected chi connectivity index (χ0v) is 14.0. The molecule has 0 heterocycles. The molecule has 0 radical (unpaired) electrons. The number of rotatable bonds is 3. The molecule has 1 aromatic rings. The van der Waals surface area contributed by atoms with Crippen LogP contribution < -0.4 is 0 Å². The Morgan fingerprint density at radius 1 is 1.19 bits per heavy atom. The summed E-state index contributed by atoms with van der Waals surface area (Å²) in [6.45, 7) is 4.48. The highest BCUT2D eigenvalue weighted by Gasteiger charge is 2.33. The van der Waals surface area contributed by atoms with E-state index < -0.39 is 29.2 Å². The first kappa shape index (κ1) is 17.4. The van der Waals surface area contributed by atoms with Gasteiger partial charge in [0.15, 0.2) is 14.7 Å². The molecule has 114 valence electrons. The van der Waals surface area contributed by atoms with Crippen molar-refractivity contribution in [1.29, 1.82) is 5.26 Å². The fraction of sp³-hybridized carbons (Fsp3) is 0.357. The molecule has 0 N–H and O–H groups in total. The van der Waals surface area contributed by atoms with Gasteiger partial charge in [-0.3, -0.25) is 0 Å². The third kappa shape index (κ3) is 3.93. The summed E-state index contributed by atoms with van der Waals surface area (Å²) >= 11 is 0. The molecule has 0 aliphatic rings. The third-order valence-corrected chi connectivity index (χ3v) is 6.80. The van der Waals surface area contributed by atoms with E-state index in [1.54, 1.807) is 36.4 Å². The maximum Gasteiger partial charge on any atom is 0.194 e. The lowest BCUT2D eigenvalue weighted by molar-refractivity contribution is 0.568. The number of allylic oxidation sites excluding steroid dienone is 1. The maximum absolute atomic E-state index is 12.5. The van der Waals surface area contributed by atoms with Crippen molar-refractivity contribution in [2.75, 3.05) is 6.26 Å². The van der Waals surface area contributed by atoms with Gasteiger partial charge in [0, 0.05) is 11.2 Å². The summed E-state index contributed by atoms with van der Waals surface area (Å²) in [6, 6.07) is 10.1. The van der Waals surface area contributed by atoms with Crippen LogP contribution in [0, 0.1) is 11.3 Å². The van der Waals surface area contributed by atoms with Crippen LogP contribution in [0.4, 0.5) is 0 Å². The van der Waals surface area contributed by atoms with E-state index in [0.29, 0.717) is 4.90 Å². The quantitative estimate of drug-likeness (QED) is 0.799. The lowest BCUT2D eigenvalue weighted by Gasteiger charge is -2.17. The van der Waals surface area contributed by atoms with E-state index in [1.165, 1.54) is 27.0 Å². The van der Waals surface area contributed by atoms with Gasteiger partial charge < -0.3 is 0 Å². The van der Waals surface area contributed by atoms with Crippen LogP contribution in [0.5, 0.6) is 0 Å². The number of hydrogen-bond acceptors (Lipinski definition) is 5. The lowest BCUT2D eigenvalue weighted by atomic mass is 10.3. The van der Waals surface area contributed by atoms with Gasteiger partial charge in [-0.2, -0.15) is 5.26 Å². The van der Waals surface area contributed by atoms with Gasteiger partial charge in [-0.25, -0.2) is 17.0 Å². The molecule has 1 rings (SSSR count). The molecular formula is C14H18N2O3S2. The summed E-state index contributed by atoms with van der Waals surface area (Å²) in [5.41, 5.74) is 0. The van der Waals surface area contributed by atoms with Gasteiger partial charge >= 0.3 is 0 Å². The van der Waals surface area contributed by atoms with Crippen LogP contribution in [0.15, 0.2) is 50.7 Å². The summed E-state index contributed by atoms with van der Waals surface area (Å²) in [6.07, 6.45) is 2.30. The average molecular weight is 326 g/mol. The van der Waals surface area contributed by atoms with Crippen molar-refractivity contribution >= 4 is 19.6 Å². The molecule has 0 spiro atoms. The van der Waals surface area contributed by atoms with Crippen molar-refractivity contribution in [3.8, 4) is 6.07 Å². The van der Waals surface area contributed by atoms with Crippen LogP contribution >= 0.6 is 0 Å². The van der Waals surface area contributed by atoms with Crippen molar-refractivity contribution in [3.05, 3.63) is 41.4 Å². The van der Waals surface area contributed by atoms with E-state index >= 15 is 0 Å². The highest BCUT2D eigenvalue weighted by atomic mass is 32.2. The number of benzene rings is 1. The van der Waals surface area contributed by atoms with Crippen molar-refractivity contribution in [1.82, 2.24) is 0 Å². The fourth-order valence-electron chi connectivity index (χ4n) is 1.37. The van der Waals surface area contributed by atoms with E-state index in [2.05, 4.69) is 4.36 Å². The zero-order chi connectivity index (χ0) is 16.3. The van der Waals surface area contributed by atoms with Crippen LogP contribution in [0.3, 0.4) is 0 Å². The minimum atomic E-state index is -3.81. The Hall–Kier alpha value is -1.65. The summed E-state index contributed by atoms with van der Waals surface area (Å²) in [4.78, 5) is -0.00722. The molecule has 0 unspecified atom stereocenters. The molecule has 7 heteroatoms. The minimum absolute atomic E-state index is 0.478. The van der Waals surface area contributed by atoms with Gasteiger partial charge in [0.25, 0.3) is 0 Å². The predicted molar refractivity (Wildman–Crippen MR) is 83.6 cm³/mol. The Morgan fingerprint density at radius 2 is 1.71 bits per heavy atom. The fourth-order valence-corrected chi connectivity index (χ4v) is 3.50. The highest BCUT2D eigenvalue weighted by molar-refractivity contribution is 7.96. The van der Waals surface area contributed by atoms with Crippen LogP contribution in [0.2, 0.25) is 0 Å². The number of nitrogens with zero attached hydrogens (tertiary/aromatic N) is 2. The van der Waals surface area contributed by atoms with Crippen molar-refractivity contribution in [2.24, 2.45) is 4.36 Å².